The van der Waals surface area contributed by atoms with Crippen molar-refractivity contribution in [3.8, 4) is 0 Å². The van der Waals surface area contributed by atoms with E-state index in [4.69, 9.17) is 11.6 Å². The maximum absolute atomic E-state index is 12.1. The van der Waals surface area contributed by atoms with Gasteiger partial charge in [-0.1, -0.05) is 23.7 Å². The zero-order valence-electron chi connectivity index (χ0n) is 12.4. The Hall–Kier alpha value is -1.81. The molecule has 0 bridgehead atoms. The van der Waals surface area contributed by atoms with Gasteiger partial charge in [0.05, 0.1) is 11.7 Å². The van der Waals surface area contributed by atoms with Crippen LogP contribution in [0.15, 0.2) is 30.5 Å². The SMILES string of the molecule is CC(C)(C)n1ncc2c1NC(=O)C[C@@H]2c1cccc(Cl)c1. The summed E-state index contributed by atoms with van der Waals surface area (Å²) in [5, 5.41) is 8.11. The molecule has 4 nitrogen and oxygen atoms in total. The molecule has 0 spiro atoms. The third kappa shape index (κ3) is 2.56. The molecule has 1 aromatic heterocycles. The van der Waals surface area contributed by atoms with Gasteiger partial charge < -0.3 is 5.32 Å². The van der Waals surface area contributed by atoms with Crippen LogP contribution in [0.2, 0.25) is 5.02 Å². The van der Waals surface area contributed by atoms with Gasteiger partial charge in [-0.15, -0.1) is 0 Å². The van der Waals surface area contributed by atoms with Crippen LogP contribution < -0.4 is 5.32 Å². The third-order valence-corrected chi connectivity index (χ3v) is 3.94. The third-order valence-electron chi connectivity index (χ3n) is 3.71. The van der Waals surface area contributed by atoms with Crippen LogP contribution in [0.4, 0.5) is 5.82 Å². The Kier molecular flexibility index (Phi) is 3.29. The highest BCUT2D eigenvalue weighted by molar-refractivity contribution is 6.30. The van der Waals surface area contributed by atoms with Gasteiger partial charge in [0.25, 0.3) is 0 Å². The maximum Gasteiger partial charge on any atom is 0.226 e. The molecule has 1 aromatic carbocycles. The Balaban J connectivity index is 2.11. The fourth-order valence-electron chi connectivity index (χ4n) is 2.75. The second-order valence-electron chi connectivity index (χ2n) is 6.39. The van der Waals surface area contributed by atoms with Crippen LogP contribution >= 0.6 is 11.6 Å². The molecule has 0 aliphatic carbocycles. The first-order valence-electron chi connectivity index (χ1n) is 7.00. The fourth-order valence-corrected chi connectivity index (χ4v) is 2.95. The van der Waals surface area contributed by atoms with Crippen molar-refractivity contribution in [2.45, 2.75) is 38.6 Å². The molecule has 110 valence electrons. The highest BCUT2D eigenvalue weighted by atomic mass is 35.5. The number of nitrogens with one attached hydrogen (secondary N) is 1. The molecule has 5 heteroatoms. The van der Waals surface area contributed by atoms with Crippen LogP contribution in [0, 0.1) is 0 Å². The average molecular weight is 304 g/mol. The standard InChI is InChI=1S/C16H18ClN3O/c1-16(2,3)20-15-13(9-18-20)12(8-14(21)19-15)10-5-4-6-11(17)7-10/h4-7,9,12H,8H2,1-3H3,(H,19,21)/t12-/m1/s1. The molecule has 0 saturated heterocycles. The lowest BCUT2D eigenvalue weighted by molar-refractivity contribution is -0.116. The molecule has 1 atom stereocenters. The highest BCUT2D eigenvalue weighted by Gasteiger charge is 2.32. The Morgan fingerprint density at radius 2 is 2.14 bits per heavy atom. The summed E-state index contributed by atoms with van der Waals surface area (Å²) in [7, 11) is 0. The first-order chi connectivity index (χ1) is 9.86. The van der Waals surface area contributed by atoms with Crippen LogP contribution in [0.3, 0.4) is 0 Å². The molecule has 3 rings (SSSR count). The summed E-state index contributed by atoms with van der Waals surface area (Å²) in [6.07, 6.45) is 2.27. The minimum Gasteiger partial charge on any atom is -0.311 e. The normalized spacial score (nSPS) is 18.3. The van der Waals surface area contributed by atoms with E-state index in [1.165, 1.54) is 0 Å². The lowest BCUT2D eigenvalue weighted by atomic mass is 9.87. The van der Waals surface area contributed by atoms with E-state index < -0.39 is 0 Å². The lowest BCUT2D eigenvalue weighted by Gasteiger charge is -2.28. The van der Waals surface area contributed by atoms with Crippen molar-refractivity contribution in [2.24, 2.45) is 0 Å². The van der Waals surface area contributed by atoms with Crippen LogP contribution in [-0.4, -0.2) is 15.7 Å². The largest absolute Gasteiger partial charge is 0.311 e. The molecule has 1 aliphatic heterocycles. The van der Waals surface area contributed by atoms with Crippen molar-refractivity contribution >= 4 is 23.3 Å². The number of nitrogens with zero attached hydrogens (tertiary/aromatic N) is 2. The Morgan fingerprint density at radius 1 is 1.38 bits per heavy atom. The van der Waals surface area contributed by atoms with Crippen molar-refractivity contribution in [1.82, 2.24) is 9.78 Å². The minimum absolute atomic E-state index is 0.00329. The highest BCUT2D eigenvalue weighted by Crippen LogP contribution is 2.39. The van der Waals surface area contributed by atoms with Crippen LogP contribution in [0.5, 0.6) is 0 Å². The summed E-state index contributed by atoms with van der Waals surface area (Å²) in [5.74, 6) is 0.811. The molecule has 1 aliphatic rings. The molecule has 2 aromatic rings. The monoisotopic (exact) mass is 303 g/mol. The van der Waals surface area contributed by atoms with Gasteiger partial charge in [0, 0.05) is 22.9 Å². The molecule has 0 radical (unpaired) electrons. The zero-order chi connectivity index (χ0) is 15.2. The molecule has 21 heavy (non-hydrogen) atoms. The molecule has 0 fully saturated rings. The predicted molar refractivity (Wildman–Crippen MR) is 83.8 cm³/mol. The number of carbonyl (C=O) groups is 1. The van der Waals surface area contributed by atoms with Crippen LogP contribution in [0.1, 0.15) is 44.2 Å². The summed E-state index contributed by atoms with van der Waals surface area (Å²) in [5.41, 5.74) is 1.91. The number of aromatic nitrogens is 2. The van der Waals surface area contributed by atoms with Gasteiger partial charge in [-0.3, -0.25) is 4.79 Å². The summed E-state index contributed by atoms with van der Waals surface area (Å²) < 4.78 is 1.87. The van der Waals surface area contributed by atoms with Crippen molar-refractivity contribution < 1.29 is 4.79 Å². The van der Waals surface area contributed by atoms with E-state index in [2.05, 4.69) is 31.2 Å². The number of hydrogen-bond donors (Lipinski definition) is 1. The molecule has 0 unspecified atom stereocenters. The Bertz CT molecular complexity index is 700. The quantitative estimate of drug-likeness (QED) is 0.872. The van der Waals surface area contributed by atoms with Gasteiger partial charge >= 0.3 is 0 Å². The van der Waals surface area contributed by atoms with Gasteiger partial charge in [-0.05, 0) is 38.5 Å². The van der Waals surface area contributed by atoms with Crippen molar-refractivity contribution in [1.29, 1.82) is 0 Å². The minimum atomic E-state index is -0.183. The summed E-state index contributed by atoms with van der Waals surface area (Å²) in [6.45, 7) is 6.19. The van der Waals surface area contributed by atoms with Crippen LogP contribution in [0.25, 0.3) is 0 Å². The molecular formula is C16H18ClN3O. The van der Waals surface area contributed by atoms with Crippen molar-refractivity contribution in [3.05, 3.63) is 46.6 Å². The first kappa shape index (κ1) is 14.1. The van der Waals surface area contributed by atoms with Crippen molar-refractivity contribution in [3.63, 3.8) is 0 Å². The number of carbonyl (C=O) groups excluding carboxylic acids is 1. The number of halogens is 1. The van der Waals surface area contributed by atoms with Gasteiger partial charge in [-0.25, -0.2) is 4.68 Å². The molecule has 2 heterocycles. The van der Waals surface area contributed by atoms with E-state index in [1.54, 1.807) is 0 Å². The van der Waals surface area contributed by atoms with E-state index in [1.807, 2.05) is 35.1 Å². The number of benzene rings is 1. The first-order valence-corrected chi connectivity index (χ1v) is 7.38. The van der Waals surface area contributed by atoms with E-state index in [-0.39, 0.29) is 17.4 Å². The zero-order valence-corrected chi connectivity index (χ0v) is 13.1. The van der Waals surface area contributed by atoms with Crippen LogP contribution in [-0.2, 0) is 10.3 Å². The summed E-state index contributed by atoms with van der Waals surface area (Å²) in [6, 6.07) is 7.68. The molecular weight excluding hydrogens is 286 g/mol. The predicted octanol–water partition coefficient (Wildman–Crippen LogP) is 3.77. The van der Waals surface area contributed by atoms with E-state index in [0.29, 0.717) is 11.4 Å². The van der Waals surface area contributed by atoms with Gasteiger partial charge in [0.1, 0.15) is 5.82 Å². The average Bonchev–Trinajstić information content (AvgIpc) is 2.81. The van der Waals surface area contributed by atoms with Gasteiger partial charge in [0.15, 0.2) is 0 Å². The number of hydrogen-bond acceptors (Lipinski definition) is 2. The second-order valence-corrected chi connectivity index (χ2v) is 6.83. The summed E-state index contributed by atoms with van der Waals surface area (Å²) >= 11 is 6.08. The molecule has 0 saturated carbocycles. The van der Waals surface area contributed by atoms with Crippen molar-refractivity contribution in [2.75, 3.05) is 5.32 Å². The number of fused-ring (bicyclic) bond motifs is 1. The number of amides is 1. The maximum atomic E-state index is 12.1. The van der Waals surface area contributed by atoms with Gasteiger partial charge in [0.2, 0.25) is 5.91 Å². The fraction of sp³-hybridized carbons (Fsp3) is 0.375. The second kappa shape index (κ2) is 4.88. The van der Waals surface area contributed by atoms with E-state index >= 15 is 0 Å². The summed E-state index contributed by atoms with van der Waals surface area (Å²) in [4.78, 5) is 12.1. The molecule has 1 amide bonds. The van der Waals surface area contributed by atoms with E-state index in [9.17, 15) is 4.79 Å². The number of anilines is 1. The number of rotatable bonds is 1. The smallest absolute Gasteiger partial charge is 0.226 e. The van der Waals surface area contributed by atoms with E-state index in [0.717, 1.165) is 16.9 Å². The van der Waals surface area contributed by atoms with Gasteiger partial charge in [-0.2, -0.15) is 5.10 Å². The Morgan fingerprint density at radius 3 is 2.81 bits per heavy atom. The topological polar surface area (TPSA) is 46.9 Å². The molecule has 1 N–H and O–H groups in total. The lowest BCUT2D eigenvalue weighted by Crippen LogP contribution is -2.30. The Labute approximate surface area is 129 Å².